The average Bonchev–Trinajstić information content (AvgIpc) is 2.83. The number of piperidine rings is 1. The molecule has 1 aromatic carbocycles. The van der Waals surface area contributed by atoms with E-state index in [0.29, 0.717) is 18.8 Å². The highest BCUT2D eigenvalue weighted by atomic mass is 79.9. The number of aromatic nitrogens is 1. The molecule has 1 aliphatic heterocycles. The highest BCUT2D eigenvalue weighted by Gasteiger charge is 2.28. The van der Waals surface area contributed by atoms with E-state index in [1.807, 2.05) is 24.3 Å². The highest BCUT2D eigenvalue weighted by molar-refractivity contribution is 9.10. The topological polar surface area (TPSA) is 82.3 Å². The number of rotatable bonds is 3. The van der Waals surface area contributed by atoms with Crippen LogP contribution in [0.15, 0.2) is 28.7 Å². The van der Waals surface area contributed by atoms with E-state index in [4.69, 9.17) is 0 Å². The van der Waals surface area contributed by atoms with Crippen molar-refractivity contribution in [1.29, 1.82) is 0 Å². The third-order valence-corrected chi connectivity index (χ3v) is 5.53. The van der Waals surface area contributed by atoms with Gasteiger partial charge >= 0.3 is 0 Å². The lowest BCUT2D eigenvalue weighted by Crippen LogP contribution is -2.49. The number of hydrogen-bond donors (Lipinski definition) is 2. The van der Waals surface area contributed by atoms with Crippen molar-refractivity contribution in [3.63, 3.8) is 0 Å². The third kappa shape index (κ3) is 3.59. The van der Waals surface area contributed by atoms with Crippen LogP contribution in [-0.2, 0) is 10.0 Å². The molecular weight excluding hydrogens is 382 g/mol. The number of halogens is 1. The minimum absolute atomic E-state index is 0.118. The summed E-state index contributed by atoms with van der Waals surface area (Å²) in [6.45, 7) is 1.01. The summed E-state index contributed by atoms with van der Waals surface area (Å²) in [5, 5.41) is 0.957. The van der Waals surface area contributed by atoms with Crippen molar-refractivity contribution in [3.05, 3.63) is 34.4 Å². The van der Waals surface area contributed by atoms with Gasteiger partial charge in [-0.25, -0.2) is 13.1 Å². The van der Waals surface area contributed by atoms with E-state index in [0.717, 1.165) is 34.5 Å². The van der Waals surface area contributed by atoms with Crippen LogP contribution in [0.4, 0.5) is 0 Å². The van der Waals surface area contributed by atoms with Gasteiger partial charge in [-0.1, -0.05) is 18.2 Å². The molecule has 124 valence electrons. The van der Waals surface area contributed by atoms with Crippen LogP contribution in [0.1, 0.15) is 23.3 Å². The predicted molar refractivity (Wildman–Crippen MR) is 92.9 cm³/mol. The van der Waals surface area contributed by atoms with E-state index in [1.165, 1.54) is 0 Å². The first kappa shape index (κ1) is 16.5. The van der Waals surface area contributed by atoms with E-state index in [-0.39, 0.29) is 11.9 Å². The minimum atomic E-state index is -3.27. The van der Waals surface area contributed by atoms with Gasteiger partial charge in [0.1, 0.15) is 5.69 Å². The van der Waals surface area contributed by atoms with E-state index >= 15 is 0 Å². The molecule has 2 heterocycles. The number of likely N-dealkylation sites (tertiary alicyclic amines) is 1. The molecule has 2 N–H and O–H groups in total. The van der Waals surface area contributed by atoms with E-state index in [9.17, 15) is 13.2 Å². The van der Waals surface area contributed by atoms with Crippen molar-refractivity contribution in [2.24, 2.45) is 0 Å². The summed E-state index contributed by atoms with van der Waals surface area (Å²) in [6, 6.07) is 7.46. The Balaban J connectivity index is 1.82. The maximum Gasteiger partial charge on any atom is 0.271 e. The number of carbonyl (C=O) groups is 1. The Bertz CT molecular complexity index is 847. The molecule has 6 nitrogen and oxygen atoms in total. The number of aromatic amines is 1. The zero-order valence-corrected chi connectivity index (χ0v) is 15.1. The molecule has 1 amide bonds. The molecule has 0 spiro atoms. The standard InChI is InChI=1S/C15H18BrN3O3S/c1-23(21,22)18-10-5-4-8-19(9-10)15(20)14-13(16)11-6-2-3-7-12(11)17-14/h2-3,6-7,10,17-18H,4-5,8-9H2,1H3. The summed E-state index contributed by atoms with van der Waals surface area (Å²) >= 11 is 3.49. The molecule has 0 bridgehead atoms. The van der Waals surface area contributed by atoms with Crippen LogP contribution in [0.5, 0.6) is 0 Å². The van der Waals surface area contributed by atoms with Crippen LogP contribution in [0.3, 0.4) is 0 Å². The number of nitrogens with one attached hydrogen (secondary N) is 2. The molecular formula is C15H18BrN3O3S. The van der Waals surface area contributed by atoms with Gasteiger partial charge in [0.25, 0.3) is 5.91 Å². The minimum Gasteiger partial charge on any atom is -0.350 e. The van der Waals surface area contributed by atoms with Gasteiger partial charge in [-0.3, -0.25) is 4.79 Å². The Morgan fingerprint density at radius 3 is 2.83 bits per heavy atom. The average molecular weight is 400 g/mol. The normalized spacial score (nSPS) is 19.2. The lowest BCUT2D eigenvalue weighted by molar-refractivity contribution is 0.0697. The number of benzene rings is 1. The molecule has 1 fully saturated rings. The molecule has 23 heavy (non-hydrogen) atoms. The number of carbonyl (C=O) groups excluding carboxylic acids is 1. The summed E-state index contributed by atoms with van der Waals surface area (Å²) in [6.07, 6.45) is 2.66. The lowest BCUT2D eigenvalue weighted by atomic mass is 10.1. The van der Waals surface area contributed by atoms with E-state index in [1.54, 1.807) is 4.90 Å². The molecule has 0 aliphatic carbocycles. The van der Waals surface area contributed by atoms with Crippen LogP contribution in [-0.4, -0.2) is 49.6 Å². The summed E-state index contributed by atoms with van der Waals surface area (Å²) < 4.78 is 26.1. The van der Waals surface area contributed by atoms with Crippen LogP contribution >= 0.6 is 15.9 Å². The fraction of sp³-hybridized carbons (Fsp3) is 0.400. The number of sulfonamides is 1. The Morgan fingerprint density at radius 2 is 2.13 bits per heavy atom. The van der Waals surface area contributed by atoms with Crippen molar-refractivity contribution in [3.8, 4) is 0 Å². The van der Waals surface area contributed by atoms with Crippen LogP contribution in [0, 0.1) is 0 Å². The molecule has 0 saturated carbocycles. The number of H-pyrrole nitrogens is 1. The Hall–Kier alpha value is -1.38. The maximum absolute atomic E-state index is 12.8. The van der Waals surface area contributed by atoms with Crippen molar-refractivity contribution in [2.75, 3.05) is 19.3 Å². The molecule has 8 heteroatoms. The summed E-state index contributed by atoms with van der Waals surface area (Å²) in [4.78, 5) is 17.6. The molecule has 1 atom stereocenters. The van der Waals surface area contributed by atoms with Gasteiger partial charge in [-0.05, 0) is 34.8 Å². The van der Waals surface area contributed by atoms with Crippen molar-refractivity contribution >= 4 is 42.8 Å². The van der Waals surface area contributed by atoms with Gasteiger partial charge in [-0.15, -0.1) is 0 Å². The number of fused-ring (bicyclic) bond motifs is 1. The zero-order chi connectivity index (χ0) is 16.6. The second-order valence-electron chi connectivity index (χ2n) is 5.84. The molecule has 1 aliphatic rings. The van der Waals surface area contributed by atoms with Crippen molar-refractivity contribution in [2.45, 2.75) is 18.9 Å². The number of hydrogen-bond acceptors (Lipinski definition) is 3. The highest BCUT2D eigenvalue weighted by Crippen LogP contribution is 2.29. The number of para-hydroxylation sites is 1. The molecule has 1 aromatic heterocycles. The maximum atomic E-state index is 12.8. The van der Waals surface area contributed by atoms with Gasteiger partial charge in [0.15, 0.2) is 0 Å². The summed E-state index contributed by atoms with van der Waals surface area (Å²) in [5.41, 5.74) is 1.40. The van der Waals surface area contributed by atoms with Crippen LogP contribution in [0.2, 0.25) is 0 Å². The Labute approximate surface area is 143 Å². The largest absolute Gasteiger partial charge is 0.350 e. The third-order valence-electron chi connectivity index (χ3n) is 3.95. The molecule has 3 rings (SSSR count). The molecule has 0 radical (unpaired) electrons. The quantitative estimate of drug-likeness (QED) is 0.828. The number of nitrogens with zero attached hydrogens (tertiary/aromatic N) is 1. The van der Waals surface area contributed by atoms with Crippen LogP contribution < -0.4 is 4.72 Å². The van der Waals surface area contributed by atoms with Gasteiger partial charge in [0.2, 0.25) is 10.0 Å². The van der Waals surface area contributed by atoms with E-state index < -0.39 is 10.0 Å². The second-order valence-corrected chi connectivity index (χ2v) is 8.41. The zero-order valence-electron chi connectivity index (χ0n) is 12.7. The predicted octanol–water partition coefficient (Wildman–Crippen LogP) is 2.08. The van der Waals surface area contributed by atoms with Crippen molar-refractivity contribution < 1.29 is 13.2 Å². The molecule has 2 aromatic rings. The molecule has 1 saturated heterocycles. The lowest BCUT2D eigenvalue weighted by Gasteiger charge is -2.32. The SMILES string of the molecule is CS(=O)(=O)NC1CCCN(C(=O)c2[nH]c3ccccc3c2Br)C1. The van der Waals surface area contributed by atoms with Gasteiger partial charge in [0.05, 0.1) is 10.7 Å². The fourth-order valence-electron chi connectivity index (χ4n) is 2.97. The number of amides is 1. The molecule has 1 unspecified atom stereocenters. The monoisotopic (exact) mass is 399 g/mol. The first-order valence-electron chi connectivity index (χ1n) is 7.38. The van der Waals surface area contributed by atoms with Gasteiger partial charge in [0, 0.05) is 30.0 Å². The fourth-order valence-corrected chi connectivity index (χ4v) is 4.39. The van der Waals surface area contributed by atoms with Crippen molar-refractivity contribution in [1.82, 2.24) is 14.6 Å². The Kier molecular flexibility index (Phi) is 4.48. The van der Waals surface area contributed by atoms with E-state index in [2.05, 4.69) is 25.6 Å². The summed E-state index contributed by atoms with van der Waals surface area (Å²) in [5.74, 6) is -0.118. The first-order valence-corrected chi connectivity index (χ1v) is 10.1. The second kappa shape index (κ2) is 6.26. The van der Waals surface area contributed by atoms with Crippen LogP contribution in [0.25, 0.3) is 10.9 Å². The smallest absolute Gasteiger partial charge is 0.271 e. The van der Waals surface area contributed by atoms with Gasteiger partial charge < -0.3 is 9.88 Å². The Morgan fingerprint density at radius 1 is 1.39 bits per heavy atom. The first-order chi connectivity index (χ1) is 10.8. The summed E-state index contributed by atoms with van der Waals surface area (Å²) in [7, 11) is -3.27. The van der Waals surface area contributed by atoms with Gasteiger partial charge in [-0.2, -0.15) is 0 Å².